The molecule has 0 nitrogen and oxygen atoms in total. The van der Waals surface area contributed by atoms with Crippen molar-refractivity contribution < 1.29 is 0 Å². The first-order valence-corrected chi connectivity index (χ1v) is 12.1. The van der Waals surface area contributed by atoms with Crippen LogP contribution in [0.2, 0.25) is 24.6 Å². The first kappa shape index (κ1) is 9.88. The minimum atomic E-state index is -2.01. The molecule has 0 amide bonds. The third kappa shape index (κ3) is 4.73. The van der Waals surface area contributed by atoms with E-state index in [0.717, 1.165) is 0 Å². The summed E-state index contributed by atoms with van der Waals surface area (Å²) in [6.07, 6.45) is 5.33. The number of terminal acetylenes is 1. The predicted octanol–water partition coefficient (Wildman–Crippen LogP) is 1.70. The van der Waals surface area contributed by atoms with E-state index in [2.05, 4.69) is 39.7 Å². The summed E-state index contributed by atoms with van der Waals surface area (Å²) in [6, 6.07) is 0. The fourth-order valence-electron chi connectivity index (χ4n) is 0.317. The van der Waals surface area contributed by atoms with Gasteiger partial charge in [0.1, 0.15) is 0 Å². The molecule has 0 spiro atoms. The zero-order valence-corrected chi connectivity index (χ0v) is 10.2. The molecule has 10 heavy (non-hydrogen) atoms. The van der Waals surface area contributed by atoms with Crippen LogP contribution in [-0.2, 0) is 0 Å². The molecule has 1 radical (unpaired) electrons. The van der Waals surface area contributed by atoms with Gasteiger partial charge in [0.15, 0.2) is 0 Å². The standard InChI is InChI=1S/C8H13GeSi/c1-6-9(2,3)7-8-10(4)5/h1H,2-5H3. The fraction of sp³-hybridized carbons (Fsp3) is 0.500. The molecule has 53 valence electrons. The van der Waals surface area contributed by atoms with Crippen LogP contribution in [0.1, 0.15) is 0 Å². The van der Waals surface area contributed by atoms with Crippen LogP contribution >= 0.6 is 0 Å². The summed E-state index contributed by atoms with van der Waals surface area (Å²) in [5, 5.41) is 0. The molecule has 0 heterocycles. The van der Waals surface area contributed by atoms with E-state index in [0.29, 0.717) is 0 Å². The van der Waals surface area contributed by atoms with Gasteiger partial charge in [-0.05, 0) is 0 Å². The van der Waals surface area contributed by atoms with Gasteiger partial charge in [0.2, 0.25) is 0 Å². The van der Waals surface area contributed by atoms with E-state index < -0.39 is 13.3 Å². The van der Waals surface area contributed by atoms with Crippen molar-refractivity contribution in [2.24, 2.45) is 0 Å². The predicted molar refractivity (Wildman–Crippen MR) is 51.6 cm³/mol. The Morgan fingerprint density at radius 1 is 1.30 bits per heavy atom. The van der Waals surface area contributed by atoms with Gasteiger partial charge in [0.05, 0.1) is 0 Å². The molecule has 0 rings (SSSR count). The number of hydrogen-bond acceptors (Lipinski definition) is 0. The molecular weight excluding hydrogens is 197 g/mol. The van der Waals surface area contributed by atoms with Crippen LogP contribution in [0.25, 0.3) is 0 Å². The second kappa shape index (κ2) is 3.91. The second-order valence-electron chi connectivity index (χ2n) is 3.02. The van der Waals surface area contributed by atoms with E-state index in [1.54, 1.807) is 0 Å². The molecule has 0 aliphatic rings. The van der Waals surface area contributed by atoms with E-state index in [1.807, 2.05) is 0 Å². The molecule has 0 saturated carbocycles. The molecule has 0 fully saturated rings. The summed E-state index contributed by atoms with van der Waals surface area (Å²) in [5.41, 5.74) is 3.23. The van der Waals surface area contributed by atoms with Gasteiger partial charge in [-0.3, -0.25) is 0 Å². The molecule has 0 aliphatic carbocycles. The molecule has 0 aromatic heterocycles. The van der Waals surface area contributed by atoms with Crippen molar-refractivity contribution in [3.63, 3.8) is 0 Å². The van der Waals surface area contributed by atoms with Crippen molar-refractivity contribution in [3.05, 3.63) is 0 Å². The second-order valence-corrected chi connectivity index (χ2v) is 13.2. The molecule has 0 atom stereocenters. The van der Waals surface area contributed by atoms with Crippen molar-refractivity contribution in [1.82, 2.24) is 0 Å². The first-order valence-electron chi connectivity index (χ1n) is 3.29. The van der Waals surface area contributed by atoms with Crippen LogP contribution < -0.4 is 0 Å². The van der Waals surface area contributed by atoms with Crippen molar-refractivity contribution in [1.29, 1.82) is 0 Å². The molecule has 0 bridgehead atoms. The van der Waals surface area contributed by atoms with E-state index in [9.17, 15) is 0 Å². The Morgan fingerprint density at radius 3 is 2.10 bits per heavy atom. The average molecular weight is 210 g/mol. The SMILES string of the molecule is C#[C][Ge]([CH3])([CH3])[C]#C[Si](C)C. The number of hydrogen-bond donors (Lipinski definition) is 0. The molecule has 0 saturated heterocycles. The van der Waals surface area contributed by atoms with Crippen LogP contribution in [0.5, 0.6) is 0 Å². The van der Waals surface area contributed by atoms with Crippen LogP contribution in [0.15, 0.2) is 0 Å². The van der Waals surface area contributed by atoms with Gasteiger partial charge in [0, 0.05) is 0 Å². The van der Waals surface area contributed by atoms with E-state index in [-0.39, 0.29) is 8.80 Å². The molecule has 2 heteroatoms. The van der Waals surface area contributed by atoms with Gasteiger partial charge in [-0.25, -0.2) is 0 Å². The Kier molecular flexibility index (Phi) is 3.86. The molecule has 0 aromatic carbocycles. The summed E-state index contributed by atoms with van der Waals surface area (Å²) in [4.78, 5) is 0. The molecule has 0 aromatic rings. The Balaban J connectivity index is 4.20. The van der Waals surface area contributed by atoms with Gasteiger partial charge in [-0.15, -0.1) is 0 Å². The van der Waals surface area contributed by atoms with E-state index in [1.165, 1.54) is 0 Å². The maximum atomic E-state index is 5.33. The first-order chi connectivity index (χ1) is 4.48. The van der Waals surface area contributed by atoms with Gasteiger partial charge in [0.25, 0.3) is 0 Å². The van der Waals surface area contributed by atoms with Gasteiger partial charge in [-0.1, -0.05) is 0 Å². The summed E-state index contributed by atoms with van der Waals surface area (Å²) in [5.74, 6) is 4.30. The van der Waals surface area contributed by atoms with Crippen molar-refractivity contribution >= 4 is 22.1 Å². The van der Waals surface area contributed by atoms with Gasteiger partial charge < -0.3 is 0 Å². The van der Waals surface area contributed by atoms with Crippen LogP contribution in [0, 0.1) is 21.5 Å². The molecular formula is C8H13GeSi. The average Bonchev–Trinajstić information content (AvgIpc) is 1.85. The Morgan fingerprint density at radius 2 is 1.80 bits per heavy atom. The van der Waals surface area contributed by atoms with Crippen LogP contribution in [0.4, 0.5) is 0 Å². The van der Waals surface area contributed by atoms with Crippen molar-refractivity contribution in [2.75, 3.05) is 0 Å². The van der Waals surface area contributed by atoms with E-state index in [4.69, 9.17) is 6.42 Å². The molecule has 0 N–H and O–H groups in total. The normalized spacial score (nSPS) is 10.0. The number of rotatable bonds is 0. The zero-order chi connectivity index (χ0) is 8.20. The topological polar surface area (TPSA) is 0 Å². The third-order valence-electron chi connectivity index (χ3n) is 0.986. The van der Waals surface area contributed by atoms with Crippen LogP contribution in [-0.4, -0.2) is 22.1 Å². The van der Waals surface area contributed by atoms with Gasteiger partial charge in [-0.2, -0.15) is 0 Å². The third-order valence-corrected chi connectivity index (χ3v) is 5.22. The zero-order valence-electron chi connectivity index (χ0n) is 7.08. The fourth-order valence-corrected chi connectivity index (χ4v) is 4.57. The Bertz CT molecular complexity index is 200. The maximum absolute atomic E-state index is 5.33. The Labute approximate surface area is 68.4 Å². The minimum absolute atomic E-state index is 0.387. The monoisotopic (exact) mass is 211 g/mol. The Hall–Kier alpha value is -0.120. The summed E-state index contributed by atoms with van der Waals surface area (Å²) < 4.78 is 6.08. The van der Waals surface area contributed by atoms with Crippen molar-refractivity contribution in [3.8, 4) is 21.5 Å². The van der Waals surface area contributed by atoms with E-state index >= 15 is 0 Å². The van der Waals surface area contributed by atoms with Crippen molar-refractivity contribution in [2.45, 2.75) is 24.6 Å². The quantitative estimate of drug-likeness (QED) is 0.421. The van der Waals surface area contributed by atoms with Crippen LogP contribution in [0.3, 0.4) is 0 Å². The molecule has 0 aliphatic heterocycles. The molecule has 0 unspecified atom stereocenters. The summed E-state index contributed by atoms with van der Waals surface area (Å²) >= 11 is -2.01. The van der Waals surface area contributed by atoms with Gasteiger partial charge >= 0.3 is 68.1 Å². The summed E-state index contributed by atoms with van der Waals surface area (Å²) in [6.45, 7) is 4.37. The summed E-state index contributed by atoms with van der Waals surface area (Å²) in [7, 11) is -0.387.